The number of carbonyl (C=O) groups excluding carboxylic acids is 2. The van der Waals surface area contributed by atoms with Gasteiger partial charge in [-0.3, -0.25) is 4.79 Å². The normalized spacial score (nSPS) is 9.59. The summed E-state index contributed by atoms with van der Waals surface area (Å²) in [7, 11) is 4.40. The lowest BCUT2D eigenvalue weighted by atomic mass is 10.1. The minimum atomic E-state index is -0.321. The summed E-state index contributed by atoms with van der Waals surface area (Å²) in [6.07, 6.45) is 0.365. The standard InChI is InChI=1S/C12H14O5/c1-15-10-7-12(17-3)11(16-2)6-8(10)9(14)4-5-13/h5-7H,4H2,1-3H3. The van der Waals surface area contributed by atoms with Gasteiger partial charge in [-0.05, 0) is 6.07 Å². The lowest BCUT2D eigenvalue weighted by molar-refractivity contribution is -0.107. The van der Waals surface area contributed by atoms with Crippen LogP contribution >= 0.6 is 0 Å². The summed E-state index contributed by atoms with van der Waals surface area (Å²) < 4.78 is 15.3. The van der Waals surface area contributed by atoms with E-state index < -0.39 is 0 Å². The molecule has 0 aromatic heterocycles. The largest absolute Gasteiger partial charge is 0.496 e. The first-order valence-corrected chi connectivity index (χ1v) is 4.94. The van der Waals surface area contributed by atoms with Gasteiger partial charge in [-0.25, -0.2) is 0 Å². The summed E-state index contributed by atoms with van der Waals surface area (Å²) in [4.78, 5) is 22.0. The van der Waals surface area contributed by atoms with Crippen LogP contribution in [0.2, 0.25) is 0 Å². The molecule has 0 aliphatic rings. The highest BCUT2D eigenvalue weighted by Gasteiger charge is 2.16. The van der Waals surface area contributed by atoms with E-state index in [9.17, 15) is 9.59 Å². The van der Waals surface area contributed by atoms with E-state index in [-0.39, 0.29) is 12.2 Å². The van der Waals surface area contributed by atoms with Crippen LogP contribution in [0.5, 0.6) is 17.2 Å². The molecule has 0 atom stereocenters. The third kappa shape index (κ3) is 2.75. The third-order valence-electron chi connectivity index (χ3n) is 2.27. The third-order valence-corrected chi connectivity index (χ3v) is 2.27. The molecule has 1 aromatic rings. The van der Waals surface area contributed by atoms with Gasteiger partial charge in [-0.1, -0.05) is 0 Å². The van der Waals surface area contributed by atoms with Gasteiger partial charge in [-0.15, -0.1) is 0 Å². The van der Waals surface area contributed by atoms with Crippen LogP contribution in [-0.4, -0.2) is 33.4 Å². The van der Waals surface area contributed by atoms with Gasteiger partial charge in [0.2, 0.25) is 0 Å². The van der Waals surface area contributed by atoms with Gasteiger partial charge in [-0.2, -0.15) is 0 Å². The molecule has 0 fully saturated rings. The van der Waals surface area contributed by atoms with E-state index in [2.05, 4.69) is 0 Å². The van der Waals surface area contributed by atoms with Crippen molar-refractivity contribution >= 4 is 12.1 Å². The molecule has 0 unspecified atom stereocenters. The van der Waals surface area contributed by atoms with Gasteiger partial charge in [0.1, 0.15) is 12.0 Å². The highest BCUT2D eigenvalue weighted by molar-refractivity contribution is 6.05. The molecular weight excluding hydrogens is 224 g/mol. The second-order valence-corrected chi connectivity index (χ2v) is 3.20. The first kappa shape index (κ1) is 13.0. The van der Waals surface area contributed by atoms with Crippen LogP contribution in [0, 0.1) is 0 Å². The summed E-state index contributed by atoms with van der Waals surface area (Å²) >= 11 is 0. The van der Waals surface area contributed by atoms with Crippen LogP contribution in [0.1, 0.15) is 16.8 Å². The molecule has 0 saturated heterocycles. The monoisotopic (exact) mass is 238 g/mol. The molecule has 0 radical (unpaired) electrons. The van der Waals surface area contributed by atoms with Crippen molar-refractivity contribution in [1.29, 1.82) is 0 Å². The van der Waals surface area contributed by atoms with E-state index in [1.165, 1.54) is 27.4 Å². The Hall–Kier alpha value is -2.04. The van der Waals surface area contributed by atoms with Crippen LogP contribution in [0.25, 0.3) is 0 Å². The zero-order valence-electron chi connectivity index (χ0n) is 9.98. The second-order valence-electron chi connectivity index (χ2n) is 3.20. The molecule has 0 heterocycles. The van der Waals surface area contributed by atoms with Crippen LogP contribution in [0.15, 0.2) is 12.1 Å². The van der Waals surface area contributed by atoms with Crippen molar-refractivity contribution in [3.63, 3.8) is 0 Å². The summed E-state index contributed by atoms with van der Waals surface area (Å²) in [5, 5.41) is 0. The van der Waals surface area contributed by atoms with Crippen LogP contribution in [0.3, 0.4) is 0 Å². The maximum atomic E-state index is 11.7. The minimum absolute atomic E-state index is 0.189. The van der Waals surface area contributed by atoms with E-state index >= 15 is 0 Å². The van der Waals surface area contributed by atoms with Crippen molar-refractivity contribution in [1.82, 2.24) is 0 Å². The first-order valence-electron chi connectivity index (χ1n) is 4.94. The van der Waals surface area contributed by atoms with E-state index in [0.29, 0.717) is 29.1 Å². The number of carbonyl (C=O) groups is 2. The number of ketones is 1. The van der Waals surface area contributed by atoms with E-state index in [0.717, 1.165) is 0 Å². The maximum Gasteiger partial charge on any atom is 0.173 e. The molecule has 0 aliphatic heterocycles. The molecule has 1 rings (SSSR count). The fourth-order valence-corrected chi connectivity index (χ4v) is 1.43. The quantitative estimate of drug-likeness (QED) is 0.427. The lowest BCUT2D eigenvalue weighted by Gasteiger charge is -2.12. The maximum absolute atomic E-state index is 11.7. The fourth-order valence-electron chi connectivity index (χ4n) is 1.43. The van der Waals surface area contributed by atoms with Gasteiger partial charge < -0.3 is 19.0 Å². The molecule has 5 nitrogen and oxygen atoms in total. The molecule has 92 valence electrons. The number of aldehydes is 1. The highest BCUT2D eigenvalue weighted by Crippen LogP contribution is 2.34. The smallest absolute Gasteiger partial charge is 0.173 e. The van der Waals surface area contributed by atoms with Gasteiger partial charge in [0.25, 0.3) is 0 Å². The molecular formula is C12H14O5. The van der Waals surface area contributed by atoms with Crippen LogP contribution in [0.4, 0.5) is 0 Å². The SMILES string of the molecule is COc1cc(OC)c(C(=O)CC=O)cc1OC. The van der Waals surface area contributed by atoms with Crippen LogP contribution in [-0.2, 0) is 4.79 Å². The average Bonchev–Trinajstić information content (AvgIpc) is 2.37. The second kappa shape index (κ2) is 5.89. The summed E-state index contributed by atoms with van der Waals surface area (Å²) in [5.74, 6) is 0.918. The van der Waals surface area contributed by atoms with Gasteiger partial charge in [0.05, 0.1) is 33.3 Å². The van der Waals surface area contributed by atoms with Gasteiger partial charge >= 0.3 is 0 Å². The lowest BCUT2D eigenvalue weighted by Crippen LogP contribution is -2.04. The van der Waals surface area contributed by atoms with Crippen molar-refractivity contribution in [2.45, 2.75) is 6.42 Å². The van der Waals surface area contributed by atoms with Crippen molar-refractivity contribution in [2.75, 3.05) is 21.3 Å². The number of hydrogen-bond donors (Lipinski definition) is 0. The van der Waals surface area contributed by atoms with Crippen molar-refractivity contribution in [2.24, 2.45) is 0 Å². The highest BCUT2D eigenvalue weighted by atomic mass is 16.5. The molecule has 0 bridgehead atoms. The molecule has 0 N–H and O–H groups in total. The Kier molecular flexibility index (Phi) is 4.51. The first-order chi connectivity index (χ1) is 8.17. The summed E-state index contributed by atoms with van der Waals surface area (Å²) in [6, 6.07) is 3.06. The van der Waals surface area contributed by atoms with E-state index in [1.54, 1.807) is 6.07 Å². The van der Waals surface area contributed by atoms with Gasteiger partial charge in [0.15, 0.2) is 17.3 Å². The van der Waals surface area contributed by atoms with Gasteiger partial charge in [0, 0.05) is 6.07 Å². The predicted molar refractivity (Wildman–Crippen MR) is 61.1 cm³/mol. The number of Topliss-reactive ketones (excluding diaryl/α,β-unsaturated/α-hetero) is 1. The Balaban J connectivity index is 3.27. The molecule has 17 heavy (non-hydrogen) atoms. The molecule has 0 aliphatic carbocycles. The van der Waals surface area contributed by atoms with E-state index in [1.807, 2.05) is 0 Å². The van der Waals surface area contributed by atoms with Crippen molar-refractivity contribution in [3.05, 3.63) is 17.7 Å². The predicted octanol–water partition coefficient (Wildman–Crippen LogP) is 1.48. The van der Waals surface area contributed by atoms with E-state index in [4.69, 9.17) is 14.2 Å². The molecule has 1 aromatic carbocycles. The molecule has 0 saturated carbocycles. The Morgan fingerprint density at radius 2 is 1.59 bits per heavy atom. The Bertz CT molecular complexity index is 425. The molecule has 0 amide bonds. The Labute approximate surface area is 99.3 Å². The minimum Gasteiger partial charge on any atom is -0.496 e. The summed E-state index contributed by atoms with van der Waals surface area (Å²) in [6.45, 7) is 0. The number of methoxy groups -OCH3 is 3. The zero-order valence-corrected chi connectivity index (χ0v) is 9.98. The Morgan fingerprint density at radius 3 is 2.06 bits per heavy atom. The topological polar surface area (TPSA) is 61.8 Å². The molecule has 5 heteroatoms. The number of hydrogen-bond acceptors (Lipinski definition) is 5. The van der Waals surface area contributed by atoms with Crippen LogP contribution < -0.4 is 14.2 Å². The van der Waals surface area contributed by atoms with Crippen molar-refractivity contribution in [3.8, 4) is 17.2 Å². The number of benzene rings is 1. The Morgan fingerprint density at radius 1 is 1.06 bits per heavy atom. The fraction of sp³-hybridized carbons (Fsp3) is 0.333. The number of ether oxygens (including phenoxy) is 3. The summed E-state index contributed by atoms with van der Waals surface area (Å²) in [5.41, 5.74) is 0.303. The van der Waals surface area contributed by atoms with Crippen molar-refractivity contribution < 1.29 is 23.8 Å². The number of rotatable bonds is 6. The average molecular weight is 238 g/mol. The molecule has 0 spiro atoms. The zero-order chi connectivity index (χ0) is 12.8.